The number of rotatable bonds is 14. The number of aryl methyl sites for hydroxylation is 1. The Hall–Kier alpha value is -3.46. The lowest BCUT2D eigenvalue weighted by Crippen LogP contribution is -2.31. The van der Waals surface area contributed by atoms with Crippen LogP contribution in [-0.4, -0.2) is 39.6 Å². The Morgan fingerprint density at radius 3 is 2.61 bits per heavy atom. The van der Waals surface area contributed by atoms with Gasteiger partial charge in [0.1, 0.15) is 6.04 Å². The van der Waals surface area contributed by atoms with Crippen molar-refractivity contribution in [3.05, 3.63) is 64.4 Å². The number of thioether (sulfide) groups is 1. The second-order valence-corrected chi connectivity index (χ2v) is 11.4. The van der Waals surface area contributed by atoms with Crippen LogP contribution in [-0.2, 0) is 4.79 Å². The number of nitrogens with zero attached hydrogens (tertiary/aromatic N) is 3. The molecule has 1 aromatic heterocycles. The number of fused-ring (bicyclic) bond motifs is 1. The van der Waals surface area contributed by atoms with E-state index in [9.17, 15) is 4.79 Å². The summed E-state index contributed by atoms with van der Waals surface area (Å²) < 4.78 is 14.0. The lowest BCUT2D eigenvalue weighted by atomic mass is 9.94. The molecule has 0 fully saturated rings. The monoisotopic (exact) mass is 577 g/mol. The molecule has 4 rings (SSSR count). The molecular formula is C32H43N5O3S. The Balaban J connectivity index is 1.73. The fraction of sp³-hybridized carbons (Fsp3) is 0.469. The van der Waals surface area contributed by atoms with Crippen molar-refractivity contribution in [3.8, 4) is 11.5 Å². The first-order valence-corrected chi connectivity index (χ1v) is 15.7. The lowest BCUT2D eigenvalue weighted by molar-refractivity contribution is -0.113. The third kappa shape index (κ3) is 7.25. The molecule has 0 aliphatic carbocycles. The zero-order valence-electron chi connectivity index (χ0n) is 25.2. The Morgan fingerprint density at radius 2 is 1.85 bits per heavy atom. The number of aromatic nitrogens is 3. The molecule has 220 valence electrons. The van der Waals surface area contributed by atoms with E-state index in [4.69, 9.17) is 19.6 Å². The molecule has 9 heteroatoms. The van der Waals surface area contributed by atoms with E-state index < -0.39 is 6.04 Å². The molecule has 1 aliphatic heterocycles. The van der Waals surface area contributed by atoms with Gasteiger partial charge in [0.2, 0.25) is 11.1 Å². The highest BCUT2D eigenvalue weighted by Gasteiger charge is 2.35. The van der Waals surface area contributed by atoms with Crippen molar-refractivity contribution in [1.82, 2.24) is 14.8 Å². The summed E-state index contributed by atoms with van der Waals surface area (Å²) in [5.74, 6) is 2.71. The normalized spacial score (nSPS) is 14.4. The minimum absolute atomic E-state index is 0.188. The average molecular weight is 578 g/mol. The van der Waals surface area contributed by atoms with Crippen LogP contribution in [0.5, 0.6) is 11.5 Å². The smallest absolute Gasteiger partial charge is 0.255 e. The molecule has 0 bridgehead atoms. The van der Waals surface area contributed by atoms with E-state index in [0.29, 0.717) is 41.4 Å². The maximum Gasteiger partial charge on any atom is 0.255 e. The second-order valence-electron chi connectivity index (χ2n) is 10.3. The minimum Gasteiger partial charge on any atom is -0.490 e. The summed E-state index contributed by atoms with van der Waals surface area (Å²) in [6.07, 6.45) is 5.55. The van der Waals surface area contributed by atoms with E-state index in [2.05, 4.69) is 24.5 Å². The van der Waals surface area contributed by atoms with Gasteiger partial charge in [-0.1, -0.05) is 63.1 Å². The maximum absolute atomic E-state index is 14.0. The van der Waals surface area contributed by atoms with Gasteiger partial charge in [0, 0.05) is 17.1 Å². The van der Waals surface area contributed by atoms with Crippen molar-refractivity contribution in [2.45, 2.75) is 84.8 Å². The Labute approximate surface area is 248 Å². The first kappa shape index (κ1) is 30.5. The molecule has 41 heavy (non-hydrogen) atoms. The Morgan fingerprint density at radius 1 is 1.02 bits per heavy atom. The first-order chi connectivity index (χ1) is 19.9. The summed E-state index contributed by atoms with van der Waals surface area (Å²) in [5.41, 5.74) is 5.13. The highest BCUT2D eigenvalue weighted by Crippen LogP contribution is 2.40. The largest absolute Gasteiger partial charge is 0.490 e. The van der Waals surface area contributed by atoms with Gasteiger partial charge in [0.15, 0.2) is 11.5 Å². The maximum atomic E-state index is 14.0. The average Bonchev–Trinajstić information content (AvgIpc) is 3.36. The number of unbranched alkanes of at least 4 members (excludes halogenated alkanes) is 3. The molecule has 1 unspecified atom stereocenters. The standard InChI is InChI=1S/C32H43N5O3S/c1-7-10-11-12-18-40-26-17-16-24(20-27(26)39-9-3)29-28(30(38)34-25-15-13-14-21(4)22(25)5)23(6)33-31-35-32(36-37(29)31)41-19-8-2/h13-17,20,29H,7-12,18-19H2,1-6H3,(H,34,38)(H,33,35,36). The number of hydrogen-bond donors (Lipinski definition) is 2. The molecule has 2 N–H and O–H groups in total. The van der Waals surface area contributed by atoms with E-state index in [1.807, 2.05) is 68.8 Å². The minimum atomic E-state index is -0.502. The SMILES string of the molecule is CCCCCCOc1ccc(C2C(C(=O)Nc3cccc(C)c3C)=C(C)Nc3nc(SCCC)nn32)cc1OCC. The van der Waals surface area contributed by atoms with Crippen molar-refractivity contribution in [2.24, 2.45) is 0 Å². The van der Waals surface area contributed by atoms with Gasteiger partial charge in [0.05, 0.1) is 18.8 Å². The zero-order valence-corrected chi connectivity index (χ0v) is 26.0. The van der Waals surface area contributed by atoms with Gasteiger partial charge in [-0.3, -0.25) is 4.79 Å². The van der Waals surface area contributed by atoms with Gasteiger partial charge in [-0.2, -0.15) is 4.98 Å². The van der Waals surface area contributed by atoms with Gasteiger partial charge in [0.25, 0.3) is 5.91 Å². The molecular weight excluding hydrogens is 534 g/mol. The van der Waals surface area contributed by atoms with E-state index >= 15 is 0 Å². The predicted molar refractivity (Wildman–Crippen MR) is 167 cm³/mol. The number of benzene rings is 2. The van der Waals surface area contributed by atoms with Crippen LogP contribution in [0.15, 0.2) is 52.8 Å². The van der Waals surface area contributed by atoms with Crippen LogP contribution in [0.1, 0.15) is 82.5 Å². The fourth-order valence-corrected chi connectivity index (χ4v) is 5.54. The molecule has 2 heterocycles. The molecule has 2 aromatic carbocycles. The van der Waals surface area contributed by atoms with Crippen molar-refractivity contribution in [3.63, 3.8) is 0 Å². The fourth-order valence-electron chi connectivity index (χ4n) is 4.86. The van der Waals surface area contributed by atoms with Gasteiger partial charge in [-0.15, -0.1) is 5.10 Å². The summed E-state index contributed by atoms with van der Waals surface area (Å²) in [4.78, 5) is 18.7. The van der Waals surface area contributed by atoms with Crippen LogP contribution in [0, 0.1) is 13.8 Å². The van der Waals surface area contributed by atoms with Crippen molar-refractivity contribution < 1.29 is 14.3 Å². The van der Waals surface area contributed by atoms with E-state index in [0.717, 1.165) is 53.1 Å². The van der Waals surface area contributed by atoms with Crippen LogP contribution in [0.2, 0.25) is 0 Å². The molecule has 3 aromatic rings. The van der Waals surface area contributed by atoms with Gasteiger partial charge in [-0.05, 0) is 75.4 Å². The zero-order chi connectivity index (χ0) is 29.4. The van der Waals surface area contributed by atoms with Crippen molar-refractivity contribution in [1.29, 1.82) is 0 Å². The van der Waals surface area contributed by atoms with E-state index in [1.165, 1.54) is 12.8 Å². The number of nitrogens with one attached hydrogen (secondary N) is 2. The predicted octanol–water partition coefficient (Wildman–Crippen LogP) is 7.68. The number of amides is 1. The number of ether oxygens (including phenoxy) is 2. The lowest BCUT2D eigenvalue weighted by Gasteiger charge is -2.29. The Bertz CT molecular complexity index is 1380. The quantitative estimate of drug-likeness (QED) is 0.150. The number of hydrogen-bond acceptors (Lipinski definition) is 7. The third-order valence-corrected chi connectivity index (χ3v) is 8.25. The van der Waals surface area contributed by atoms with Crippen LogP contribution in [0.3, 0.4) is 0 Å². The second kappa shape index (κ2) is 14.4. The summed E-state index contributed by atoms with van der Waals surface area (Å²) in [5, 5.41) is 12.0. The highest BCUT2D eigenvalue weighted by atomic mass is 32.2. The number of allylic oxidation sites excluding steroid dienone is 1. The summed E-state index contributed by atoms with van der Waals surface area (Å²) in [7, 11) is 0. The molecule has 0 radical (unpaired) electrons. The molecule has 0 saturated heterocycles. The highest BCUT2D eigenvalue weighted by molar-refractivity contribution is 7.99. The van der Waals surface area contributed by atoms with E-state index in [1.54, 1.807) is 11.8 Å². The summed E-state index contributed by atoms with van der Waals surface area (Å²) >= 11 is 1.61. The Kier molecular flexibility index (Phi) is 10.7. The number of carbonyl (C=O) groups excluding carboxylic acids is 1. The molecule has 8 nitrogen and oxygen atoms in total. The van der Waals surface area contributed by atoms with Gasteiger partial charge in [-0.25, -0.2) is 4.68 Å². The van der Waals surface area contributed by atoms with Gasteiger partial charge < -0.3 is 20.1 Å². The van der Waals surface area contributed by atoms with Gasteiger partial charge >= 0.3 is 0 Å². The van der Waals surface area contributed by atoms with Crippen molar-refractivity contribution >= 4 is 29.3 Å². The molecule has 0 saturated carbocycles. The summed E-state index contributed by atoms with van der Waals surface area (Å²) in [6, 6.07) is 11.4. The van der Waals surface area contributed by atoms with Crippen LogP contribution in [0.4, 0.5) is 11.6 Å². The molecule has 1 atom stereocenters. The molecule has 1 amide bonds. The van der Waals surface area contributed by atoms with Crippen LogP contribution >= 0.6 is 11.8 Å². The number of carbonyl (C=O) groups is 1. The first-order valence-electron chi connectivity index (χ1n) is 14.7. The number of anilines is 2. The topological polar surface area (TPSA) is 90.3 Å². The van der Waals surface area contributed by atoms with Crippen LogP contribution in [0.25, 0.3) is 0 Å². The van der Waals surface area contributed by atoms with E-state index in [-0.39, 0.29) is 5.91 Å². The summed E-state index contributed by atoms with van der Waals surface area (Å²) in [6.45, 7) is 13.4. The van der Waals surface area contributed by atoms with Crippen LogP contribution < -0.4 is 20.1 Å². The van der Waals surface area contributed by atoms with Crippen molar-refractivity contribution in [2.75, 3.05) is 29.6 Å². The molecule has 0 spiro atoms. The molecule has 1 aliphatic rings. The third-order valence-electron chi connectivity index (χ3n) is 7.20.